The number of nitrogens with two attached hydrogens (primary N) is 1. The van der Waals surface area contributed by atoms with E-state index in [1.165, 1.54) is 5.56 Å². The van der Waals surface area contributed by atoms with Crippen molar-refractivity contribution < 1.29 is 4.79 Å². The van der Waals surface area contributed by atoms with E-state index in [4.69, 9.17) is 17.3 Å². The zero-order valence-electron chi connectivity index (χ0n) is 11.9. The van der Waals surface area contributed by atoms with Crippen molar-refractivity contribution in [3.63, 3.8) is 0 Å². The molecule has 116 valence electrons. The maximum atomic E-state index is 12.0. The van der Waals surface area contributed by atoms with Crippen LogP contribution in [0.4, 0.5) is 0 Å². The maximum absolute atomic E-state index is 12.0. The van der Waals surface area contributed by atoms with Crippen LogP contribution in [0.15, 0.2) is 22.7 Å². The Bertz CT molecular complexity index is 498. The van der Waals surface area contributed by atoms with Gasteiger partial charge in [-0.1, -0.05) is 17.7 Å². The van der Waals surface area contributed by atoms with Crippen LogP contribution in [0, 0.1) is 5.92 Å². The van der Waals surface area contributed by atoms with E-state index in [1.54, 1.807) is 0 Å². The lowest BCUT2D eigenvalue weighted by Gasteiger charge is -2.32. The Kier molecular flexibility index (Phi) is 6.48. The summed E-state index contributed by atoms with van der Waals surface area (Å²) in [6.45, 7) is 3.68. The number of likely N-dealkylation sites (tertiary alicyclic amines) is 1. The molecule has 4 nitrogen and oxygen atoms in total. The molecule has 1 aromatic rings. The van der Waals surface area contributed by atoms with Crippen molar-refractivity contribution in [1.29, 1.82) is 0 Å². The van der Waals surface area contributed by atoms with Gasteiger partial charge in [-0.2, -0.15) is 0 Å². The molecule has 1 saturated heterocycles. The van der Waals surface area contributed by atoms with Gasteiger partial charge in [0.2, 0.25) is 5.91 Å². The van der Waals surface area contributed by atoms with Crippen LogP contribution in [-0.2, 0) is 11.3 Å². The van der Waals surface area contributed by atoms with Gasteiger partial charge >= 0.3 is 0 Å². The fourth-order valence-corrected chi connectivity index (χ4v) is 3.10. The van der Waals surface area contributed by atoms with Gasteiger partial charge in [0.1, 0.15) is 0 Å². The molecule has 0 radical (unpaired) electrons. The smallest absolute Gasteiger partial charge is 0.224 e. The Hall–Kier alpha value is -0.620. The topological polar surface area (TPSA) is 58.4 Å². The highest BCUT2D eigenvalue weighted by Gasteiger charge is 2.25. The lowest BCUT2D eigenvalue weighted by molar-refractivity contribution is -0.126. The third-order valence-electron chi connectivity index (χ3n) is 3.71. The molecular weight excluding hydrogens is 354 g/mol. The summed E-state index contributed by atoms with van der Waals surface area (Å²) < 4.78 is 0.908. The number of amides is 1. The first-order chi connectivity index (χ1) is 10.1. The van der Waals surface area contributed by atoms with Crippen LogP contribution in [0.2, 0.25) is 5.02 Å². The number of carbonyl (C=O) groups is 1. The first kappa shape index (κ1) is 16.7. The van der Waals surface area contributed by atoms with E-state index in [9.17, 15) is 4.79 Å². The predicted molar refractivity (Wildman–Crippen MR) is 89.2 cm³/mol. The molecule has 0 saturated carbocycles. The van der Waals surface area contributed by atoms with Crippen LogP contribution >= 0.6 is 27.5 Å². The zero-order valence-corrected chi connectivity index (χ0v) is 14.3. The lowest BCUT2D eigenvalue weighted by atomic mass is 9.96. The van der Waals surface area contributed by atoms with E-state index < -0.39 is 0 Å². The van der Waals surface area contributed by atoms with Crippen molar-refractivity contribution in [2.24, 2.45) is 11.7 Å². The van der Waals surface area contributed by atoms with Crippen molar-refractivity contribution in [3.05, 3.63) is 33.3 Å². The van der Waals surface area contributed by atoms with E-state index >= 15 is 0 Å². The number of hydrogen-bond acceptors (Lipinski definition) is 3. The van der Waals surface area contributed by atoms with Gasteiger partial charge in [-0.25, -0.2) is 0 Å². The molecule has 1 aromatic carbocycles. The molecule has 1 heterocycles. The van der Waals surface area contributed by atoms with E-state index in [0.717, 1.165) is 42.0 Å². The van der Waals surface area contributed by atoms with Crippen LogP contribution in [0.25, 0.3) is 0 Å². The standard InChI is InChI=1S/C15H21BrClN3O/c16-13-4-3-11(8-14(13)17)9-20-7-1-2-12(10-20)15(21)19-6-5-18/h3-4,8,12H,1-2,5-7,9-10,18H2,(H,19,21). The second-order valence-corrected chi connectivity index (χ2v) is 6.66. The fraction of sp³-hybridized carbons (Fsp3) is 0.533. The molecule has 21 heavy (non-hydrogen) atoms. The summed E-state index contributed by atoms with van der Waals surface area (Å²) in [6, 6.07) is 6.00. The molecule has 3 N–H and O–H groups in total. The summed E-state index contributed by atoms with van der Waals surface area (Å²) in [5.41, 5.74) is 6.59. The number of rotatable bonds is 5. The molecule has 1 atom stereocenters. The number of benzene rings is 1. The minimum atomic E-state index is 0.0659. The summed E-state index contributed by atoms with van der Waals surface area (Å²) in [5, 5.41) is 3.61. The summed E-state index contributed by atoms with van der Waals surface area (Å²) >= 11 is 9.53. The molecule has 6 heteroatoms. The van der Waals surface area contributed by atoms with E-state index in [0.29, 0.717) is 13.1 Å². The SMILES string of the molecule is NCCNC(=O)C1CCCN(Cc2ccc(Br)c(Cl)c2)C1. The highest BCUT2D eigenvalue weighted by atomic mass is 79.9. The number of hydrogen-bond donors (Lipinski definition) is 2. The molecule has 1 amide bonds. The summed E-state index contributed by atoms with van der Waals surface area (Å²) in [6.07, 6.45) is 2.00. The molecule has 2 rings (SSSR count). The molecule has 0 aromatic heterocycles. The van der Waals surface area contributed by atoms with Gasteiger partial charge in [0.05, 0.1) is 10.9 Å². The Morgan fingerprint density at radius 1 is 1.52 bits per heavy atom. The number of piperidine rings is 1. The number of halogens is 2. The monoisotopic (exact) mass is 373 g/mol. The Labute approximate surface area is 139 Å². The second-order valence-electron chi connectivity index (χ2n) is 5.40. The van der Waals surface area contributed by atoms with Gasteiger partial charge in [-0.3, -0.25) is 9.69 Å². The predicted octanol–water partition coefficient (Wildman–Crippen LogP) is 2.39. The average molecular weight is 375 g/mol. The van der Waals surface area contributed by atoms with Crippen LogP contribution in [0.5, 0.6) is 0 Å². The molecule has 1 aliphatic heterocycles. The van der Waals surface area contributed by atoms with Crippen molar-refractivity contribution >= 4 is 33.4 Å². The van der Waals surface area contributed by atoms with Crippen molar-refractivity contribution in [1.82, 2.24) is 10.2 Å². The van der Waals surface area contributed by atoms with E-state index in [2.05, 4.69) is 32.2 Å². The third kappa shape index (κ3) is 4.95. The lowest BCUT2D eigenvalue weighted by Crippen LogP contribution is -2.43. The Morgan fingerprint density at radius 2 is 2.33 bits per heavy atom. The molecule has 0 spiro atoms. The van der Waals surface area contributed by atoms with Crippen LogP contribution in [0.1, 0.15) is 18.4 Å². The third-order valence-corrected chi connectivity index (χ3v) is 4.94. The number of carbonyl (C=O) groups excluding carboxylic acids is 1. The molecule has 0 aliphatic carbocycles. The summed E-state index contributed by atoms with van der Waals surface area (Å²) in [5.74, 6) is 0.190. The first-order valence-electron chi connectivity index (χ1n) is 7.24. The van der Waals surface area contributed by atoms with Crippen molar-refractivity contribution in [2.45, 2.75) is 19.4 Å². The van der Waals surface area contributed by atoms with Crippen LogP contribution < -0.4 is 11.1 Å². The van der Waals surface area contributed by atoms with Gasteiger partial charge in [0.25, 0.3) is 0 Å². The zero-order chi connectivity index (χ0) is 15.2. The first-order valence-corrected chi connectivity index (χ1v) is 8.41. The largest absolute Gasteiger partial charge is 0.355 e. The van der Waals surface area contributed by atoms with Gasteiger partial charge in [0.15, 0.2) is 0 Å². The van der Waals surface area contributed by atoms with Gasteiger partial charge in [0, 0.05) is 30.7 Å². The van der Waals surface area contributed by atoms with Gasteiger partial charge in [-0.05, 0) is 53.0 Å². The molecule has 1 aliphatic rings. The van der Waals surface area contributed by atoms with Gasteiger partial charge in [-0.15, -0.1) is 0 Å². The fourth-order valence-electron chi connectivity index (χ4n) is 2.65. The molecular formula is C15H21BrClN3O. The highest BCUT2D eigenvalue weighted by molar-refractivity contribution is 9.10. The van der Waals surface area contributed by atoms with Crippen molar-refractivity contribution in [2.75, 3.05) is 26.2 Å². The highest BCUT2D eigenvalue weighted by Crippen LogP contribution is 2.25. The minimum Gasteiger partial charge on any atom is -0.355 e. The van der Waals surface area contributed by atoms with E-state index in [1.807, 2.05) is 12.1 Å². The van der Waals surface area contributed by atoms with Crippen molar-refractivity contribution in [3.8, 4) is 0 Å². The Balaban J connectivity index is 1.91. The molecule has 1 fully saturated rings. The molecule has 1 unspecified atom stereocenters. The minimum absolute atomic E-state index is 0.0659. The van der Waals surface area contributed by atoms with Crippen LogP contribution in [0.3, 0.4) is 0 Å². The van der Waals surface area contributed by atoms with Crippen LogP contribution in [-0.4, -0.2) is 37.0 Å². The molecule has 0 bridgehead atoms. The summed E-state index contributed by atoms with van der Waals surface area (Å²) in [4.78, 5) is 14.3. The quantitative estimate of drug-likeness (QED) is 0.832. The van der Waals surface area contributed by atoms with E-state index in [-0.39, 0.29) is 11.8 Å². The second kappa shape index (κ2) is 8.13. The normalized spacial score (nSPS) is 19.5. The Morgan fingerprint density at radius 3 is 3.05 bits per heavy atom. The maximum Gasteiger partial charge on any atom is 0.224 e. The average Bonchev–Trinajstić information content (AvgIpc) is 2.49. The summed E-state index contributed by atoms with van der Waals surface area (Å²) in [7, 11) is 0. The van der Waals surface area contributed by atoms with Gasteiger partial charge < -0.3 is 11.1 Å². The number of nitrogens with zero attached hydrogens (tertiary/aromatic N) is 1. The number of nitrogens with one attached hydrogen (secondary N) is 1.